The van der Waals surface area contributed by atoms with E-state index in [4.69, 9.17) is 0 Å². The summed E-state index contributed by atoms with van der Waals surface area (Å²) < 4.78 is 0. The number of benzene rings is 2. The number of rotatable bonds is 8. The number of carbonyl (C=O) groups excluding carboxylic acids is 1. The van der Waals surface area contributed by atoms with E-state index in [-0.39, 0.29) is 17.1 Å². The lowest BCUT2D eigenvalue weighted by Crippen LogP contribution is -2.43. The Morgan fingerprint density at radius 3 is 2.39 bits per heavy atom. The van der Waals surface area contributed by atoms with Crippen molar-refractivity contribution in [2.75, 3.05) is 12.3 Å². The molecule has 0 spiro atoms. The summed E-state index contributed by atoms with van der Waals surface area (Å²) in [5.41, 5.74) is 1.23. The molecule has 6 heteroatoms. The summed E-state index contributed by atoms with van der Waals surface area (Å²) in [5.74, 6) is 0.384. The number of carbonyl (C=O) groups is 2. The van der Waals surface area contributed by atoms with Gasteiger partial charge in [0.25, 0.3) is 0 Å². The van der Waals surface area contributed by atoms with Gasteiger partial charge >= 0.3 is 5.97 Å². The number of carboxylic acids is 1. The molecule has 0 saturated carbocycles. The van der Waals surface area contributed by atoms with Gasteiger partial charge in [0.1, 0.15) is 6.04 Å². The van der Waals surface area contributed by atoms with E-state index in [9.17, 15) is 14.7 Å². The molecular weight excluding hydrogens is 390 g/mol. The second kappa shape index (κ2) is 10.0. The molecular formula is C22H25NO3S2. The number of carboxylic acid groups (broad SMARTS) is 1. The summed E-state index contributed by atoms with van der Waals surface area (Å²) in [6.07, 6.45) is 0.491. The Hall–Kier alpha value is -1.92. The minimum atomic E-state index is -0.909. The highest BCUT2D eigenvalue weighted by atomic mass is 32.2. The largest absolute Gasteiger partial charge is 0.480 e. The highest BCUT2D eigenvalue weighted by molar-refractivity contribution is 8.00. The lowest BCUT2D eigenvalue weighted by molar-refractivity contribution is -0.149. The number of nitrogens with zero attached hydrogens (tertiary/aromatic N) is 1. The van der Waals surface area contributed by atoms with Crippen molar-refractivity contribution in [3.63, 3.8) is 0 Å². The van der Waals surface area contributed by atoms with Crippen LogP contribution in [0.3, 0.4) is 0 Å². The topological polar surface area (TPSA) is 57.6 Å². The fourth-order valence-electron chi connectivity index (χ4n) is 3.33. The standard InChI is InChI=1S/C22H25NO3S2/c1-16(14-27-15-17-8-4-2-5-9-17)21(24)23-13-19(12-20(23)22(25)26)28-18-10-6-3-7-11-18/h2-11,16,19-20H,12-15H2,1H3,(H,25,26)/t16?,19-,20-/m0/s1. The van der Waals surface area contributed by atoms with E-state index in [0.717, 1.165) is 10.6 Å². The van der Waals surface area contributed by atoms with Crippen LogP contribution in [-0.2, 0) is 15.3 Å². The molecule has 2 aromatic carbocycles. The number of hydrogen-bond donors (Lipinski definition) is 1. The summed E-state index contributed by atoms with van der Waals surface area (Å²) in [6, 6.07) is 19.4. The maximum Gasteiger partial charge on any atom is 0.326 e. The highest BCUT2D eigenvalue weighted by Gasteiger charge is 2.41. The first kappa shape index (κ1) is 20.8. The lowest BCUT2D eigenvalue weighted by atomic mass is 10.1. The molecule has 2 aromatic rings. The van der Waals surface area contributed by atoms with Crippen molar-refractivity contribution >= 4 is 35.4 Å². The molecule has 0 aliphatic carbocycles. The van der Waals surface area contributed by atoms with Crippen LogP contribution in [0.5, 0.6) is 0 Å². The molecule has 0 aromatic heterocycles. The first-order valence-electron chi connectivity index (χ1n) is 9.41. The van der Waals surface area contributed by atoms with E-state index >= 15 is 0 Å². The van der Waals surface area contributed by atoms with E-state index in [1.807, 2.05) is 55.5 Å². The zero-order valence-electron chi connectivity index (χ0n) is 15.9. The molecule has 28 heavy (non-hydrogen) atoms. The molecule has 3 atom stereocenters. The van der Waals surface area contributed by atoms with E-state index in [1.165, 1.54) is 5.56 Å². The Labute approximate surface area is 174 Å². The Kier molecular flexibility index (Phi) is 7.45. The second-order valence-corrected chi connectivity index (χ2v) is 9.44. The van der Waals surface area contributed by atoms with Crippen molar-refractivity contribution < 1.29 is 14.7 Å². The summed E-state index contributed by atoms with van der Waals surface area (Å²) in [4.78, 5) is 27.4. The quantitative estimate of drug-likeness (QED) is 0.692. The van der Waals surface area contributed by atoms with Gasteiger partial charge in [0.05, 0.1) is 0 Å². The molecule has 1 unspecified atom stereocenters. The fraction of sp³-hybridized carbons (Fsp3) is 0.364. The van der Waals surface area contributed by atoms with Gasteiger partial charge in [-0.15, -0.1) is 11.8 Å². The van der Waals surface area contributed by atoms with E-state index in [2.05, 4.69) is 12.1 Å². The predicted octanol–water partition coefficient (Wildman–Crippen LogP) is 4.40. The number of likely N-dealkylation sites (tertiary alicyclic amines) is 1. The van der Waals surface area contributed by atoms with E-state index in [0.29, 0.717) is 18.7 Å². The highest BCUT2D eigenvalue weighted by Crippen LogP contribution is 2.34. The minimum absolute atomic E-state index is 0.0517. The van der Waals surface area contributed by atoms with Gasteiger partial charge < -0.3 is 10.0 Å². The van der Waals surface area contributed by atoms with Gasteiger partial charge in [-0.2, -0.15) is 11.8 Å². The van der Waals surface area contributed by atoms with E-state index < -0.39 is 12.0 Å². The summed E-state index contributed by atoms with van der Waals surface area (Å²) >= 11 is 3.37. The van der Waals surface area contributed by atoms with Crippen molar-refractivity contribution in [2.45, 2.75) is 35.3 Å². The van der Waals surface area contributed by atoms with Crippen LogP contribution in [0.2, 0.25) is 0 Å². The molecule has 1 aliphatic heterocycles. The summed E-state index contributed by atoms with van der Waals surface area (Å²) in [5, 5.41) is 9.72. The third-order valence-corrected chi connectivity index (χ3v) is 7.27. The third kappa shape index (κ3) is 5.55. The van der Waals surface area contributed by atoms with Crippen LogP contribution in [0.1, 0.15) is 18.9 Å². The molecule has 1 N–H and O–H groups in total. The normalized spacial score (nSPS) is 20.1. The molecule has 0 radical (unpaired) electrons. The number of aliphatic carboxylic acids is 1. The van der Waals surface area contributed by atoms with Gasteiger partial charge in [-0.25, -0.2) is 4.79 Å². The molecule has 1 fully saturated rings. The van der Waals surface area contributed by atoms with Gasteiger partial charge in [0.15, 0.2) is 0 Å². The molecule has 4 nitrogen and oxygen atoms in total. The van der Waals surface area contributed by atoms with E-state index in [1.54, 1.807) is 28.4 Å². The first-order chi connectivity index (χ1) is 13.5. The number of hydrogen-bond acceptors (Lipinski definition) is 4. The Morgan fingerprint density at radius 1 is 1.11 bits per heavy atom. The smallest absolute Gasteiger partial charge is 0.326 e. The maximum absolute atomic E-state index is 12.9. The third-order valence-electron chi connectivity index (χ3n) is 4.78. The zero-order chi connectivity index (χ0) is 19.9. The average Bonchev–Trinajstić information content (AvgIpc) is 3.13. The molecule has 1 amide bonds. The van der Waals surface area contributed by atoms with Crippen molar-refractivity contribution in [3.8, 4) is 0 Å². The number of thioether (sulfide) groups is 2. The molecule has 1 heterocycles. The fourth-order valence-corrected chi connectivity index (χ4v) is 5.59. The van der Waals surface area contributed by atoms with Gasteiger partial charge in [-0.1, -0.05) is 55.5 Å². The Bertz CT molecular complexity index is 785. The summed E-state index contributed by atoms with van der Waals surface area (Å²) in [7, 11) is 0. The van der Waals surface area contributed by atoms with Crippen molar-refractivity contribution in [2.24, 2.45) is 5.92 Å². The van der Waals surface area contributed by atoms with Gasteiger partial charge in [0.2, 0.25) is 5.91 Å². The molecule has 1 aliphatic rings. The van der Waals surface area contributed by atoms with Crippen LogP contribution in [0.25, 0.3) is 0 Å². The van der Waals surface area contributed by atoms with Crippen LogP contribution >= 0.6 is 23.5 Å². The van der Waals surface area contributed by atoms with Crippen LogP contribution in [0, 0.1) is 5.92 Å². The SMILES string of the molecule is CC(CSCc1ccccc1)C(=O)N1C[C@@H](Sc2ccccc2)C[C@H]1C(=O)O. The Morgan fingerprint density at radius 2 is 1.75 bits per heavy atom. The van der Waals surface area contributed by atoms with Crippen molar-refractivity contribution in [1.29, 1.82) is 0 Å². The minimum Gasteiger partial charge on any atom is -0.480 e. The monoisotopic (exact) mass is 415 g/mol. The molecule has 1 saturated heterocycles. The van der Waals surface area contributed by atoms with Gasteiger partial charge in [-0.05, 0) is 24.1 Å². The van der Waals surface area contributed by atoms with Crippen LogP contribution in [0.4, 0.5) is 0 Å². The van der Waals surface area contributed by atoms with Crippen LogP contribution < -0.4 is 0 Å². The molecule has 0 bridgehead atoms. The Balaban J connectivity index is 1.56. The summed E-state index contributed by atoms with van der Waals surface area (Å²) in [6.45, 7) is 2.39. The second-order valence-electron chi connectivity index (χ2n) is 7.04. The van der Waals surface area contributed by atoms with Gasteiger partial charge in [0, 0.05) is 34.1 Å². The van der Waals surface area contributed by atoms with Crippen molar-refractivity contribution in [1.82, 2.24) is 4.90 Å². The number of amides is 1. The van der Waals surface area contributed by atoms with Crippen molar-refractivity contribution in [3.05, 3.63) is 66.2 Å². The maximum atomic E-state index is 12.9. The van der Waals surface area contributed by atoms with Crippen LogP contribution in [-0.4, -0.2) is 45.5 Å². The van der Waals surface area contributed by atoms with Crippen LogP contribution in [0.15, 0.2) is 65.6 Å². The lowest BCUT2D eigenvalue weighted by Gasteiger charge is -2.24. The first-order valence-corrected chi connectivity index (χ1v) is 11.4. The molecule has 3 rings (SSSR count). The van der Waals surface area contributed by atoms with Gasteiger partial charge in [-0.3, -0.25) is 4.79 Å². The average molecular weight is 416 g/mol. The zero-order valence-corrected chi connectivity index (χ0v) is 17.5. The predicted molar refractivity (Wildman–Crippen MR) is 116 cm³/mol. The molecule has 148 valence electrons.